The lowest BCUT2D eigenvalue weighted by Crippen LogP contribution is -2.03. The van der Waals surface area contributed by atoms with Gasteiger partial charge in [-0.15, -0.1) is 0 Å². The first-order valence-electron chi connectivity index (χ1n) is 14.4. The summed E-state index contributed by atoms with van der Waals surface area (Å²) in [4.78, 5) is 10.2. The van der Waals surface area contributed by atoms with E-state index in [2.05, 4.69) is 78.9 Å². The number of nitrogens with zero attached hydrogens (tertiary/aromatic N) is 2. The molecule has 3 heterocycles. The van der Waals surface area contributed by atoms with E-state index < -0.39 is 0 Å². The normalized spacial score (nSPS) is 17.3. The van der Waals surface area contributed by atoms with Gasteiger partial charge >= 0.3 is 0 Å². The molecule has 2 aliphatic rings. The predicted molar refractivity (Wildman–Crippen MR) is 171 cm³/mol. The van der Waals surface area contributed by atoms with Gasteiger partial charge in [0, 0.05) is 27.5 Å². The topological polar surface area (TPSA) is 38.9 Å². The number of hydrogen-bond acceptors (Lipinski definition) is 3. The molecule has 0 bridgehead atoms. The highest BCUT2D eigenvalue weighted by Crippen LogP contribution is 2.35. The number of fused-ring (bicyclic) bond motifs is 6. The largest absolute Gasteiger partial charge is 0.456 e. The number of para-hydroxylation sites is 1. The number of rotatable bonds is 3. The third-order valence-electron chi connectivity index (χ3n) is 8.44. The van der Waals surface area contributed by atoms with Gasteiger partial charge in [-0.3, -0.25) is 0 Å². The van der Waals surface area contributed by atoms with Crippen LogP contribution < -0.4 is 0 Å². The monoisotopic (exact) mass is 546 g/mol. The smallest absolute Gasteiger partial charge is 0.135 e. The van der Waals surface area contributed by atoms with Gasteiger partial charge in [-0.2, -0.15) is 0 Å². The highest BCUT2D eigenvalue weighted by Gasteiger charge is 2.18. The Morgan fingerprint density at radius 2 is 1.45 bits per heavy atom. The average molecular weight is 547 g/mol. The zero-order valence-electron chi connectivity index (χ0n) is 23.1. The fourth-order valence-electron chi connectivity index (χ4n) is 6.09. The number of aromatic nitrogens is 2. The van der Waals surface area contributed by atoms with Crippen LogP contribution in [-0.4, -0.2) is 9.97 Å². The number of hydrogen-bond donors (Lipinski definition) is 0. The standard InChI is InChI=1S/C38H27FN2O/c1-23-21-29(13-17-32(23)39)34-19-15-27-12-11-26-14-18-33(40-37(26)38(27)41-34)25-6-4-5-24(9-10-25)28-16-20-36-31(22-28)30-7-2-3-8-35(30)42-36/h2-9,11-20,22-23H,10,21H2,1H3. The maximum absolute atomic E-state index is 14.0. The quantitative estimate of drug-likeness (QED) is 0.207. The SMILES string of the molecule is CC1CC(c2ccc3ccc4ccc(C5=CC=CC(c6ccc7oc8ccccc8c7c6)=CC5)nc4c3n2)=CC=C1F. The highest BCUT2D eigenvalue weighted by molar-refractivity contribution is 6.06. The van der Waals surface area contributed by atoms with Crippen LogP contribution in [0, 0.1) is 5.92 Å². The Bertz CT molecular complexity index is 2230. The van der Waals surface area contributed by atoms with Crippen LogP contribution in [0.25, 0.3) is 60.5 Å². The molecule has 1 unspecified atom stereocenters. The second-order valence-corrected chi connectivity index (χ2v) is 11.2. The van der Waals surface area contributed by atoms with Crippen molar-refractivity contribution in [2.24, 2.45) is 5.92 Å². The van der Waals surface area contributed by atoms with Gasteiger partial charge in [-0.1, -0.05) is 85.8 Å². The van der Waals surface area contributed by atoms with Crippen molar-refractivity contribution in [3.63, 3.8) is 0 Å². The zero-order chi connectivity index (χ0) is 28.2. The van der Waals surface area contributed by atoms with Gasteiger partial charge in [0.15, 0.2) is 0 Å². The van der Waals surface area contributed by atoms with Crippen molar-refractivity contribution in [2.75, 3.05) is 0 Å². The number of pyridine rings is 2. The molecule has 0 amide bonds. The van der Waals surface area contributed by atoms with Gasteiger partial charge < -0.3 is 4.42 Å². The van der Waals surface area contributed by atoms with Gasteiger partial charge in [-0.25, -0.2) is 14.4 Å². The summed E-state index contributed by atoms with van der Waals surface area (Å²) < 4.78 is 20.0. The van der Waals surface area contributed by atoms with Crippen molar-refractivity contribution in [1.82, 2.24) is 9.97 Å². The molecule has 202 valence electrons. The summed E-state index contributed by atoms with van der Waals surface area (Å²) in [5.74, 6) is -0.205. The van der Waals surface area contributed by atoms with Crippen LogP contribution in [0.1, 0.15) is 36.7 Å². The molecule has 3 aromatic carbocycles. The van der Waals surface area contributed by atoms with Gasteiger partial charge in [0.05, 0.1) is 22.4 Å². The van der Waals surface area contributed by atoms with E-state index in [0.717, 1.165) is 78.3 Å². The second-order valence-electron chi connectivity index (χ2n) is 11.2. The van der Waals surface area contributed by atoms with Crippen molar-refractivity contribution in [3.8, 4) is 0 Å². The van der Waals surface area contributed by atoms with E-state index in [1.54, 1.807) is 6.08 Å². The molecule has 3 aromatic heterocycles. The Morgan fingerprint density at radius 1 is 0.738 bits per heavy atom. The van der Waals surface area contributed by atoms with Crippen LogP contribution in [0.2, 0.25) is 0 Å². The van der Waals surface area contributed by atoms with Gasteiger partial charge in [-0.05, 0) is 71.5 Å². The summed E-state index contributed by atoms with van der Waals surface area (Å²) in [6.45, 7) is 1.91. The number of halogens is 1. The fraction of sp³-hybridized carbons (Fsp3) is 0.105. The molecule has 42 heavy (non-hydrogen) atoms. The molecular formula is C38H27FN2O. The molecule has 8 rings (SSSR count). The van der Waals surface area contributed by atoms with Crippen LogP contribution in [0.15, 0.2) is 126 Å². The molecule has 0 saturated carbocycles. The maximum atomic E-state index is 14.0. The summed E-state index contributed by atoms with van der Waals surface area (Å²) in [5.41, 5.74) is 9.92. The molecule has 0 radical (unpaired) electrons. The molecule has 0 aliphatic heterocycles. The lowest BCUT2D eigenvalue weighted by molar-refractivity contribution is 0.495. The fourth-order valence-corrected chi connectivity index (χ4v) is 6.09. The summed E-state index contributed by atoms with van der Waals surface area (Å²) in [5, 5.41) is 4.36. The molecule has 3 nitrogen and oxygen atoms in total. The summed E-state index contributed by atoms with van der Waals surface area (Å²) >= 11 is 0. The molecule has 6 aromatic rings. The Morgan fingerprint density at radius 3 is 2.24 bits per heavy atom. The van der Waals surface area contributed by atoms with Gasteiger partial charge in [0.2, 0.25) is 0 Å². The van der Waals surface area contributed by atoms with Crippen LogP contribution in [-0.2, 0) is 0 Å². The third kappa shape index (κ3) is 4.19. The molecule has 0 spiro atoms. The lowest BCUT2D eigenvalue weighted by atomic mass is 9.92. The second kappa shape index (κ2) is 9.78. The van der Waals surface area contributed by atoms with Gasteiger partial charge in [0.1, 0.15) is 17.0 Å². The maximum Gasteiger partial charge on any atom is 0.135 e. The van der Waals surface area contributed by atoms with Crippen molar-refractivity contribution >= 4 is 60.5 Å². The first-order chi connectivity index (χ1) is 20.6. The van der Waals surface area contributed by atoms with Crippen molar-refractivity contribution < 1.29 is 8.81 Å². The first-order valence-corrected chi connectivity index (χ1v) is 14.4. The summed E-state index contributed by atoms with van der Waals surface area (Å²) in [7, 11) is 0. The van der Waals surface area contributed by atoms with E-state index in [0.29, 0.717) is 6.42 Å². The molecular weight excluding hydrogens is 519 g/mol. The van der Waals surface area contributed by atoms with Crippen LogP contribution >= 0.6 is 0 Å². The van der Waals surface area contributed by atoms with E-state index in [1.165, 1.54) is 5.57 Å². The van der Waals surface area contributed by atoms with Crippen molar-refractivity contribution in [2.45, 2.75) is 19.8 Å². The van der Waals surface area contributed by atoms with E-state index >= 15 is 0 Å². The van der Waals surface area contributed by atoms with Gasteiger partial charge in [0.25, 0.3) is 0 Å². The van der Waals surface area contributed by atoms with Crippen molar-refractivity contribution in [3.05, 3.63) is 138 Å². The van der Waals surface area contributed by atoms with Crippen LogP contribution in [0.4, 0.5) is 4.39 Å². The molecule has 4 heteroatoms. The summed E-state index contributed by atoms with van der Waals surface area (Å²) in [6.07, 6.45) is 13.5. The minimum absolute atomic E-state index is 0.0743. The third-order valence-corrected chi connectivity index (χ3v) is 8.44. The Kier molecular flexibility index (Phi) is 5.75. The van der Waals surface area contributed by atoms with E-state index in [-0.39, 0.29) is 11.7 Å². The minimum atomic E-state index is -0.131. The lowest BCUT2D eigenvalue weighted by Gasteiger charge is -2.16. The van der Waals surface area contributed by atoms with Crippen LogP contribution in [0.3, 0.4) is 0 Å². The van der Waals surface area contributed by atoms with E-state index in [1.807, 2.05) is 37.3 Å². The molecule has 0 saturated heterocycles. The minimum Gasteiger partial charge on any atom is -0.456 e. The molecule has 1 atom stereocenters. The summed E-state index contributed by atoms with van der Waals surface area (Å²) in [6, 6.07) is 27.1. The number of allylic oxidation sites excluding steroid dienone is 10. The number of benzene rings is 3. The number of furan rings is 1. The predicted octanol–water partition coefficient (Wildman–Crippen LogP) is 10.4. The Balaban J connectivity index is 1.15. The Labute approximate surface area is 242 Å². The molecule has 0 fully saturated rings. The van der Waals surface area contributed by atoms with E-state index in [9.17, 15) is 4.39 Å². The Hall–Kier alpha value is -5.09. The van der Waals surface area contributed by atoms with Crippen molar-refractivity contribution in [1.29, 1.82) is 0 Å². The highest BCUT2D eigenvalue weighted by atomic mass is 19.1. The molecule has 0 N–H and O–H groups in total. The van der Waals surface area contributed by atoms with Crippen LogP contribution in [0.5, 0.6) is 0 Å². The first kappa shape index (κ1) is 24.7. The molecule has 2 aliphatic carbocycles. The zero-order valence-corrected chi connectivity index (χ0v) is 23.1. The van der Waals surface area contributed by atoms with E-state index in [4.69, 9.17) is 14.4 Å². The average Bonchev–Trinajstić information content (AvgIpc) is 3.21.